The fourth-order valence-electron chi connectivity index (χ4n) is 0.918. The third-order valence-electron chi connectivity index (χ3n) is 1.63. The molecule has 64 valence electrons. The maximum Gasteiger partial charge on any atom is 0.178 e. The average Bonchev–Trinajstić information content (AvgIpc) is 2.05. The van der Waals surface area contributed by atoms with Gasteiger partial charge < -0.3 is 4.74 Å². The predicted molar refractivity (Wildman–Crippen MR) is 45.5 cm³/mol. The van der Waals surface area contributed by atoms with Crippen LogP contribution in [0.4, 0.5) is 0 Å². The highest BCUT2D eigenvalue weighted by molar-refractivity contribution is 5.92. The number of aryl methyl sites for hydroxylation is 1. The monoisotopic (exact) mass is 165 g/mol. The van der Waals surface area contributed by atoms with Gasteiger partial charge in [0.2, 0.25) is 0 Å². The van der Waals surface area contributed by atoms with E-state index in [2.05, 4.69) is 4.98 Å². The van der Waals surface area contributed by atoms with Gasteiger partial charge in [-0.3, -0.25) is 9.78 Å². The summed E-state index contributed by atoms with van der Waals surface area (Å²) >= 11 is 0. The van der Waals surface area contributed by atoms with Crippen LogP contribution in [0.2, 0.25) is 0 Å². The number of hydrogen-bond donors (Lipinski definition) is 0. The number of rotatable bonds is 2. The first-order valence-electron chi connectivity index (χ1n) is 3.66. The summed E-state index contributed by atoms with van der Waals surface area (Å²) in [6.45, 7) is 3.37. The van der Waals surface area contributed by atoms with Gasteiger partial charge in [-0.25, -0.2) is 0 Å². The van der Waals surface area contributed by atoms with Crippen LogP contribution >= 0.6 is 0 Å². The SMILES string of the molecule is COc1cc(C(C)=O)ncc1C. The maximum atomic E-state index is 10.9. The van der Waals surface area contributed by atoms with Crippen LogP contribution in [-0.2, 0) is 0 Å². The van der Waals surface area contributed by atoms with Gasteiger partial charge in [0.1, 0.15) is 11.4 Å². The first kappa shape index (κ1) is 8.71. The Morgan fingerprint density at radius 3 is 2.75 bits per heavy atom. The quantitative estimate of drug-likeness (QED) is 0.625. The summed E-state index contributed by atoms with van der Waals surface area (Å²) in [6.07, 6.45) is 1.63. The van der Waals surface area contributed by atoms with Crippen molar-refractivity contribution in [1.82, 2.24) is 4.98 Å². The molecule has 0 N–H and O–H groups in total. The van der Waals surface area contributed by atoms with E-state index in [0.29, 0.717) is 11.4 Å². The van der Waals surface area contributed by atoms with Crippen molar-refractivity contribution in [1.29, 1.82) is 0 Å². The fourth-order valence-corrected chi connectivity index (χ4v) is 0.918. The van der Waals surface area contributed by atoms with Gasteiger partial charge in [0.15, 0.2) is 5.78 Å². The molecule has 0 fully saturated rings. The Morgan fingerprint density at radius 1 is 1.58 bits per heavy atom. The van der Waals surface area contributed by atoms with Crippen molar-refractivity contribution in [3.8, 4) is 5.75 Å². The number of ketones is 1. The number of nitrogens with zero attached hydrogens (tertiary/aromatic N) is 1. The highest BCUT2D eigenvalue weighted by atomic mass is 16.5. The van der Waals surface area contributed by atoms with Crippen molar-refractivity contribution in [2.75, 3.05) is 7.11 Å². The predicted octanol–water partition coefficient (Wildman–Crippen LogP) is 1.60. The molecule has 1 aromatic rings. The Kier molecular flexibility index (Phi) is 2.43. The summed E-state index contributed by atoms with van der Waals surface area (Å²) in [4.78, 5) is 14.9. The second kappa shape index (κ2) is 3.34. The molecule has 1 aromatic heterocycles. The molecule has 3 nitrogen and oxygen atoms in total. The first-order chi connectivity index (χ1) is 5.65. The minimum absolute atomic E-state index is 0.0479. The molecule has 0 atom stereocenters. The molecule has 0 unspecified atom stereocenters. The molecule has 0 bridgehead atoms. The van der Waals surface area contributed by atoms with Crippen molar-refractivity contribution in [2.24, 2.45) is 0 Å². The highest BCUT2D eigenvalue weighted by Crippen LogP contribution is 2.16. The van der Waals surface area contributed by atoms with Crippen molar-refractivity contribution in [3.05, 3.63) is 23.5 Å². The Labute approximate surface area is 71.4 Å². The number of Topliss-reactive ketones (excluding diaryl/α,β-unsaturated/α-hetero) is 1. The topological polar surface area (TPSA) is 39.2 Å². The molecule has 1 heterocycles. The van der Waals surface area contributed by atoms with Crippen LogP contribution in [-0.4, -0.2) is 17.9 Å². The van der Waals surface area contributed by atoms with Crippen LogP contribution in [0.5, 0.6) is 5.75 Å². The number of hydrogen-bond acceptors (Lipinski definition) is 3. The maximum absolute atomic E-state index is 10.9. The van der Waals surface area contributed by atoms with Gasteiger partial charge in [-0.05, 0) is 6.92 Å². The Balaban J connectivity index is 3.13. The molecule has 0 saturated carbocycles. The molecule has 0 aliphatic carbocycles. The second-order valence-corrected chi connectivity index (χ2v) is 2.60. The van der Waals surface area contributed by atoms with E-state index in [4.69, 9.17) is 4.74 Å². The minimum Gasteiger partial charge on any atom is -0.496 e. The number of carbonyl (C=O) groups is 1. The Morgan fingerprint density at radius 2 is 2.25 bits per heavy atom. The van der Waals surface area contributed by atoms with Gasteiger partial charge in [0.05, 0.1) is 7.11 Å². The molecule has 0 aromatic carbocycles. The van der Waals surface area contributed by atoms with E-state index in [1.807, 2.05) is 6.92 Å². The molecule has 1 rings (SSSR count). The van der Waals surface area contributed by atoms with Gasteiger partial charge in [0, 0.05) is 24.8 Å². The lowest BCUT2D eigenvalue weighted by atomic mass is 10.2. The number of pyridine rings is 1. The van der Waals surface area contributed by atoms with E-state index in [-0.39, 0.29) is 5.78 Å². The number of carbonyl (C=O) groups excluding carboxylic acids is 1. The normalized spacial score (nSPS) is 9.58. The van der Waals surface area contributed by atoms with Gasteiger partial charge in [0.25, 0.3) is 0 Å². The Hall–Kier alpha value is -1.38. The molecule has 0 aliphatic heterocycles. The lowest BCUT2D eigenvalue weighted by molar-refractivity contribution is 0.101. The standard InChI is InChI=1S/C9H11NO2/c1-6-5-10-8(7(2)11)4-9(6)12-3/h4-5H,1-3H3. The van der Waals surface area contributed by atoms with Crippen LogP contribution < -0.4 is 4.74 Å². The molecule has 0 radical (unpaired) electrons. The Bertz CT molecular complexity index is 307. The number of methoxy groups -OCH3 is 1. The highest BCUT2D eigenvalue weighted by Gasteiger charge is 2.04. The van der Waals surface area contributed by atoms with Crippen LogP contribution in [0, 0.1) is 6.92 Å². The van der Waals surface area contributed by atoms with E-state index in [1.165, 1.54) is 6.92 Å². The zero-order valence-electron chi connectivity index (χ0n) is 7.42. The molecular weight excluding hydrogens is 154 g/mol. The largest absolute Gasteiger partial charge is 0.496 e. The number of ether oxygens (including phenoxy) is 1. The van der Waals surface area contributed by atoms with Crippen LogP contribution in [0.15, 0.2) is 12.3 Å². The van der Waals surface area contributed by atoms with Crippen LogP contribution in [0.1, 0.15) is 23.0 Å². The molecule has 3 heteroatoms. The molecular formula is C9H11NO2. The average molecular weight is 165 g/mol. The van der Waals surface area contributed by atoms with E-state index >= 15 is 0 Å². The third kappa shape index (κ3) is 1.61. The second-order valence-electron chi connectivity index (χ2n) is 2.60. The van der Waals surface area contributed by atoms with Crippen molar-refractivity contribution >= 4 is 5.78 Å². The summed E-state index contributed by atoms with van der Waals surface area (Å²) < 4.78 is 5.04. The van der Waals surface area contributed by atoms with Gasteiger partial charge in [-0.15, -0.1) is 0 Å². The lowest BCUT2D eigenvalue weighted by Crippen LogP contribution is -1.98. The molecule has 0 amide bonds. The van der Waals surface area contributed by atoms with Crippen molar-refractivity contribution in [2.45, 2.75) is 13.8 Å². The fraction of sp³-hybridized carbons (Fsp3) is 0.333. The van der Waals surface area contributed by atoms with E-state index in [1.54, 1.807) is 19.4 Å². The number of aromatic nitrogens is 1. The summed E-state index contributed by atoms with van der Waals surface area (Å²) in [6, 6.07) is 1.65. The summed E-state index contributed by atoms with van der Waals surface area (Å²) in [5.74, 6) is 0.656. The summed E-state index contributed by atoms with van der Waals surface area (Å²) in [5, 5.41) is 0. The van der Waals surface area contributed by atoms with Crippen molar-refractivity contribution < 1.29 is 9.53 Å². The van der Waals surface area contributed by atoms with Gasteiger partial charge in [-0.1, -0.05) is 0 Å². The van der Waals surface area contributed by atoms with Crippen molar-refractivity contribution in [3.63, 3.8) is 0 Å². The van der Waals surface area contributed by atoms with Crippen LogP contribution in [0.25, 0.3) is 0 Å². The zero-order chi connectivity index (χ0) is 9.14. The lowest BCUT2D eigenvalue weighted by Gasteiger charge is -2.04. The van der Waals surface area contributed by atoms with Crippen LogP contribution in [0.3, 0.4) is 0 Å². The summed E-state index contributed by atoms with van der Waals surface area (Å²) in [5.41, 5.74) is 1.37. The first-order valence-corrected chi connectivity index (χ1v) is 3.66. The summed E-state index contributed by atoms with van der Waals surface area (Å²) in [7, 11) is 1.58. The van der Waals surface area contributed by atoms with Gasteiger partial charge in [-0.2, -0.15) is 0 Å². The molecule has 0 aliphatic rings. The molecule has 12 heavy (non-hydrogen) atoms. The van der Waals surface area contributed by atoms with E-state index < -0.39 is 0 Å². The zero-order valence-corrected chi connectivity index (χ0v) is 7.42. The van der Waals surface area contributed by atoms with Gasteiger partial charge >= 0.3 is 0 Å². The smallest absolute Gasteiger partial charge is 0.178 e. The molecule has 0 saturated heterocycles. The molecule has 0 spiro atoms. The minimum atomic E-state index is -0.0479. The van der Waals surface area contributed by atoms with E-state index in [0.717, 1.165) is 5.56 Å². The third-order valence-corrected chi connectivity index (χ3v) is 1.63. The van der Waals surface area contributed by atoms with E-state index in [9.17, 15) is 4.79 Å².